The lowest BCUT2D eigenvalue weighted by Crippen LogP contribution is -2.32. The molecular formula is C30H36N2O9. The summed E-state index contributed by atoms with van der Waals surface area (Å²) in [6, 6.07) is 13.3. The number of rotatable bonds is 15. The van der Waals surface area contributed by atoms with E-state index in [-0.39, 0.29) is 36.8 Å². The van der Waals surface area contributed by atoms with Gasteiger partial charge in [-0.25, -0.2) is 9.59 Å². The Bertz CT molecular complexity index is 1290. The number of non-ortho nitro benzene ring substituents is 1. The average Bonchev–Trinajstić information content (AvgIpc) is 2.97. The van der Waals surface area contributed by atoms with Crippen molar-refractivity contribution in [2.45, 2.75) is 39.5 Å². The number of allylic oxidation sites excluding steroid dienone is 2. The molecule has 1 aliphatic heterocycles. The molecule has 0 saturated carbocycles. The minimum atomic E-state index is -0.924. The van der Waals surface area contributed by atoms with E-state index in [1.807, 2.05) is 31.2 Å². The Hall–Kier alpha value is -4.22. The van der Waals surface area contributed by atoms with E-state index in [1.165, 1.54) is 25.3 Å². The van der Waals surface area contributed by atoms with Gasteiger partial charge in [-0.05, 0) is 49.9 Å². The van der Waals surface area contributed by atoms with Gasteiger partial charge in [-0.1, -0.05) is 31.2 Å². The number of dihydropyridines is 1. The lowest BCUT2D eigenvalue weighted by molar-refractivity contribution is -0.384. The number of nitro groups is 1. The summed E-state index contributed by atoms with van der Waals surface area (Å²) in [5.74, 6) is -1.64. The molecule has 0 radical (unpaired) electrons. The molecule has 0 aromatic heterocycles. The molecule has 2 aromatic rings. The van der Waals surface area contributed by atoms with Crippen molar-refractivity contribution in [2.24, 2.45) is 0 Å². The van der Waals surface area contributed by atoms with Gasteiger partial charge < -0.3 is 29.0 Å². The van der Waals surface area contributed by atoms with Crippen LogP contribution in [0.25, 0.3) is 0 Å². The first-order chi connectivity index (χ1) is 19.8. The van der Waals surface area contributed by atoms with Crippen LogP contribution in [0.5, 0.6) is 5.75 Å². The Labute approximate surface area is 239 Å². The zero-order valence-corrected chi connectivity index (χ0v) is 23.8. The molecule has 41 heavy (non-hydrogen) atoms. The third-order valence-electron chi connectivity index (χ3n) is 6.36. The first-order valence-corrected chi connectivity index (χ1v) is 13.3. The third kappa shape index (κ3) is 8.63. The Morgan fingerprint density at radius 1 is 0.927 bits per heavy atom. The molecule has 0 saturated heterocycles. The zero-order valence-electron chi connectivity index (χ0n) is 23.8. The molecule has 0 spiro atoms. The molecule has 11 nitrogen and oxygen atoms in total. The molecule has 2 aromatic carbocycles. The second-order valence-corrected chi connectivity index (χ2v) is 9.29. The van der Waals surface area contributed by atoms with E-state index in [4.69, 9.17) is 23.7 Å². The standard InChI is InChI=1S/C30H36N2O9/c1-5-14-38-19-39-15-13-22-9-11-25(12-10-22)40-16-17-41-30(34)27-21(3)31-20(2)26(29(33)37-4)28(27)23-7-6-8-24(18-23)32(35)36/h6-12,18,28,31H,5,13-17,19H2,1-4H3/t28-/m0/s1. The second kappa shape index (κ2) is 15.5. The second-order valence-electron chi connectivity index (χ2n) is 9.29. The summed E-state index contributed by atoms with van der Waals surface area (Å²) in [6.07, 6.45) is 1.69. The molecule has 1 N–H and O–H groups in total. The number of benzene rings is 2. The van der Waals surface area contributed by atoms with Crippen LogP contribution in [0.2, 0.25) is 0 Å². The highest BCUT2D eigenvalue weighted by molar-refractivity contribution is 5.99. The molecule has 11 heteroatoms. The van der Waals surface area contributed by atoms with Gasteiger partial charge >= 0.3 is 11.9 Å². The van der Waals surface area contributed by atoms with Crippen molar-refractivity contribution in [3.63, 3.8) is 0 Å². The van der Waals surface area contributed by atoms with Crippen LogP contribution in [-0.4, -0.2) is 57.2 Å². The van der Waals surface area contributed by atoms with Gasteiger partial charge in [0.1, 0.15) is 25.8 Å². The normalized spacial score (nSPS) is 14.9. The molecule has 1 aliphatic rings. The van der Waals surface area contributed by atoms with Crippen LogP contribution >= 0.6 is 0 Å². The number of hydrogen-bond acceptors (Lipinski definition) is 10. The zero-order chi connectivity index (χ0) is 29.8. The van der Waals surface area contributed by atoms with Gasteiger partial charge in [-0.2, -0.15) is 0 Å². The lowest BCUT2D eigenvalue weighted by atomic mass is 9.80. The van der Waals surface area contributed by atoms with Crippen molar-refractivity contribution in [1.82, 2.24) is 5.32 Å². The summed E-state index contributed by atoms with van der Waals surface area (Å²) in [4.78, 5) is 36.9. The topological polar surface area (TPSA) is 135 Å². The fourth-order valence-electron chi connectivity index (χ4n) is 4.43. The molecule has 1 heterocycles. The predicted molar refractivity (Wildman–Crippen MR) is 150 cm³/mol. The van der Waals surface area contributed by atoms with Crippen molar-refractivity contribution >= 4 is 17.6 Å². The van der Waals surface area contributed by atoms with E-state index in [9.17, 15) is 19.7 Å². The SMILES string of the molecule is CCCOCOCCc1ccc(OCCOC(=O)C2=C(C)NC(C)=C(C(=O)OC)[C@@H]2c2cccc([N+](=O)[O-])c2)cc1. The quantitative estimate of drug-likeness (QED) is 0.107. The van der Waals surface area contributed by atoms with Crippen LogP contribution in [-0.2, 0) is 35.0 Å². The molecule has 0 aliphatic carbocycles. The summed E-state index contributed by atoms with van der Waals surface area (Å²) < 4.78 is 27.0. The van der Waals surface area contributed by atoms with E-state index in [2.05, 4.69) is 5.32 Å². The van der Waals surface area contributed by atoms with Gasteiger partial charge in [-0.3, -0.25) is 10.1 Å². The van der Waals surface area contributed by atoms with E-state index in [1.54, 1.807) is 19.9 Å². The smallest absolute Gasteiger partial charge is 0.336 e. The maximum atomic E-state index is 13.3. The summed E-state index contributed by atoms with van der Waals surface area (Å²) in [7, 11) is 1.23. The molecule has 0 amide bonds. The molecular weight excluding hydrogens is 532 g/mol. The van der Waals surface area contributed by atoms with Crippen LogP contribution in [0.1, 0.15) is 44.2 Å². The summed E-state index contributed by atoms with van der Waals surface area (Å²) in [5.41, 5.74) is 2.58. The van der Waals surface area contributed by atoms with Crippen LogP contribution in [0.3, 0.4) is 0 Å². The van der Waals surface area contributed by atoms with Crippen LogP contribution in [0.4, 0.5) is 5.69 Å². The number of methoxy groups -OCH3 is 1. The van der Waals surface area contributed by atoms with Gasteiger partial charge in [0, 0.05) is 30.1 Å². The number of ether oxygens (including phenoxy) is 5. The number of carbonyl (C=O) groups excluding carboxylic acids is 2. The largest absolute Gasteiger partial charge is 0.490 e. The Morgan fingerprint density at radius 2 is 1.61 bits per heavy atom. The van der Waals surface area contributed by atoms with Gasteiger partial charge in [0.25, 0.3) is 5.69 Å². The molecule has 3 rings (SSSR count). The summed E-state index contributed by atoms with van der Waals surface area (Å²) in [6.45, 7) is 6.96. The first-order valence-electron chi connectivity index (χ1n) is 13.3. The number of hydrogen-bond donors (Lipinski definition) is 1. The van der Waals surface area contributed by atoms with E-state index in [0.717, 1.165) is 18.4 Å². The fraction of sp³-hybridized carbons (Fsp3) is 0.400. The molecule has 0 unspecified atom stereocenters. The predicted octanol–water partition coefficient (Wildman–Crippen LogP) is 4.57. The monoisotopic (exact) mass is 568 g/mol. The van der Waals surface area contributed by atoms with Gasteiger partial charge in [0.15, 0.2) is 0 Å². The average molecular weight is 569 g/mol. The summed E-state index contributed by atoms with van der Waals surface area (Å²) in [5, 5.41) is 14.5. The molecule has 0 fully saturated rings. The lowest BCUT2D eigenvalue weighted by Gasteiger charge is -2.30. The van der Waals surface area contributed by atoms with Gasteiger partial charge in [-0.15, -0.1) is 0 Å². The minimum absolute atomic E-state index is 0.0547. The Morgan fingerprint density at radius 3 is 2.27 bits per heavy atom. The number of esters is 2. The van der Waals surface area contributed by atoms with Gasteiger partial charge in [0.05, 0.1) is 35.7 Å². The molecule has 1 atom stereocenters. The van der Waals surface area contributed by atoms with Gasteiger partial charge in [0.2, 0.25) is 0 Å². The van der Waals surface area contributed by atoms with Crippen molar-refractivity contribution < 1.29 is 38.2 Å². The maximum Gasteiger partial charge on any atom is 0.336 e. The minimum Gasteiger partial charge on any atom is -0.490 e. The third-order valence-corrected chi connectivity index (χ3v) is 6.36. The van der Waals surface area contributed by atoms with E-state index >= 15 is 0 Å². The van der Waals surface area contributed by atoms with Crippen LogP contribution < -0.4 is 10.1 Å². The summed E-state index contributed by atoms with van der Waals surface area (Å²) >= 11 is 0. The van der Waals surface area contributed by atoms with Crippen molar-refractivity contribution in [1.29, 1.82) is 0 Å². The van der Waals surface area contributed by atoms with E-state index in [0.29, 0.717) is 35.9 Å². The molecule has 220 valence electrons. The highest BCUT2D eigenvalue weighted by atomic mass is 16.7. The van der Waals surface area contributed by atoms with Crippen LogP contribution in [0, 0.1) is 10.1 Å². The fourth-order valence-corrected chi connectivity index (χ4v) is 4.43. The Balaban J connectivity index is 1.63. The van der Waals surface area contributed by atoms with Crippen LogP contribution in [0.15, 0.2) is 71.1 Å². The molecule has 0 bridgehead atoms. The van der Waals surface area contributed by atoms with E-state index < -0.39 is 22.8 Å². The number of nitrogens with zero attached hydrogens (tertiary/aromatic N) is 1. The number of nitrogens with one attached hydrogen (secondary N) is 1. The Kier molecular flexibility index (Phi) is 11.9. The van der Waals surface area contributed by atoms with Crippen molar-refractivity contribution in [2.75, 3.05) is 40.3 Å². The maximum absolute atomic E-state index is 13.3. The number of nitro benzene ring substituents is 1. The highest BCUT2D eigenvalue weighted by Crippen LogP contribution is 2.40. The first kappa shape index (κ1) is 31.3. The number of carbonyl (C=O) groups is 2. The van der Waals surface area contributed by atoms with Crippen molar-refractivity contribution in [3.8, 4) is 5.75 Å². The highest BCUT2D eigenvalue weighted by Gasteiger charge is 2.38. The van der Waals surface area contributed by atoms with Crippen molar-refractivity contribution in [3.05, 3.63) is 92.3 Å².